The summed E-state index contributed by atoms with van der Waals surface area (Å²) in [6.45, 7) is 13.3. The molecular weight excluding hydrogens is 194 g/mol. The fraction of sp³-hybridized carbons (Fsp3) is 0.267. The van der Waals surface area contributed by atoms with Crippen LogP contribution in [-0.2, 0) is 0 Å². The lowest BCUT2D eigenvalue weighted by atomic mass is 9.86. The molecule has 0 N–H and O–H groups in total. The van der Waals surface area contributed by atoms with Crippen molar-refractivity contribution in [3.8, 4) is 6.07 Å². The number of nitrogens with zero attached hydrogens (tertiary/aromatic N) is 1. The van der Waals surface area contributed by atoms with Crippen LogP contribution < -0.4 is 0 Å². The van der Waals surface area contributed by atoms with Gasteiger partial charge in [-0.2, -0.15) is 5.26 Å². The van der Waals surface area contributed by atoms with Crippen LogP contribution in [0.25, 0.3) is 0 Å². The highest BCUT2D eigenvalue weighted by Crippen LogP contribution is 2.25. The van der Waals surface area contributed by atoms with Crippen molar-refractivity contribution in [2.75, 3.05) is 0 Å². The van der Waals surface area contributed by atoms with Crippen LogP contribution in [0.5, 0.6) is 0 Å². The summed E-state index contributed by atoms with van der Waals surface area (Å²) < 4.78 is 0. The summed E-state index contributed by atoms with van der Waals surface area (Å²) >= 11 is 0. The summed E-state index contributed by atoms with van der Waals surface area (Å²) in [5.41, 5.74) is 1.55. The molecule has 0 atom stereocenters. The van der Waals surface area contributed by atoms with Crippen LogP contribution in [-0.4, -0.2) is 0 Å². The van der Waals surface area contributed by atoms with Gasteiger partial charge in [0.1, 0.15) is 0 Å². The van der Waals surface area contributed by atoms with Crippen molar-refractivity contribution >= 4 is 0 Å². The van der Waals surface area contributed by atoms with Crippen LogP contribution in [0, 0.1) is 16.7 Å². The molecule has 1 heteroatoms. The standard InChI is InChI=1S/C15H19N/c1-6-8-10-13(9-7-2)11-14(12-16)15(3,4)5/h6-11H,1-2H2,3-5H3/b10-8-,13-9+,14-11+. The van der Waals surface area contributed by atoms with Gasteiger partial charge in [-0.25, -0.2) is 0 Å². The average Bonchev–Trinajstić information content (AvgIpc) is 2.20. The van der Waals surface area contributed by atoms with Gasteiger partial charge < -0.3 is 0 Å². The number of allylic oxidation sites excluding steroid dienone is 8. The van der Waals surface area contributed by atoms with Crippen LogP contribution in [0.1, 0.15) is 20.8 Å². The topological polar surface area (TPSA) is 23.8 Å². The van der Waals surface area contributed by atoms with Crippen LogP contribution in [0.3, 0.4) is 0 Å². The van der Waals surface area contributed by atoms with E-state index in [0.717, 1.165) is 11.1 Å². The zero-order chi connectivity index (χ0) is 12.6. The molecular formula is C15H19N. The fourth-order valence-electron chi connectivity index (χ4n) is 1.05. The first kappa shape index (κ1) is 14.2. The van der Waals surface area contributed by atoms with E-state index in [1.807, 2.05) is 45.1 Å². The Morgan fingerprint density at radius 1 is 1.19 bits per heavy atom. The molecule has 0 radical (unpaired) electrons. The molecule has 1 nitrogen and oxygen atoms in total. The maximum absolute atomic E-state index is 9.09. The first-order valence-electron chi connectivity index (χ1n) is 5.19. The summed E-state index contributed by atoms with van der Waals surface area (Å²) in [4.78, 5) is 0. The zero-order valence-electron chi connectivity index (χ0n) is 10.3. The highest BCUT2D eigenvalue weighted by Gasteiger charge is 2.16. The van der Waals surface area contributed by atoms with Gasteiger partial charge in [-0.15, -0.1) is 0 Å². The van der Waals surface area contributed by atoms with Gasteiger partial charge in [-0.1, -0.05) is 64.3 Å². The van der Waals surface area contributed by atoms with Crippen LogP contribution in [0.15, 0.2) is 60.8 Å². The Bertz CT molecular complexity index is 379. The molecule has 0 rings (SSSR count). The Morgan fingerprint density at radius 2 is 1.81 bits per heavy atom. The molecule has 0 aromatic carbocycles. The van der Waals surface area contributed by atoms with E-state index in [-0.39, 0.29) is 5.41 Å². The number of nitriles is 1. The lowest BCUT2D eigenvalue weighted by Crippen LogP contribution is -2.07. The zero-order valence-corrected chi connectivity index (χ0v) is 10.3. The lowest BCUT2D eigenvalue weighted by Gasteiger charge is -2.16. The fourth-order valence-corrected chi connectivity index (χ4v) is 1.05. The molecule has 0 saturated heterocycles. The number of rotatable bonds is 4. The number of hydrogen-bond acceptors (Lipinski definition) is 1. The number of hydrogen-bond donors (Lipinski definition) is 0. The molecule has 0 unspecified atom stereocenters. The smallest absolute Gasteiger partial charge is 0.0952 e. The highest BCUT2D eigenvalue weighted by molar-refractivity contribution is 5.42. The molecule has 0 amide bonds. The van der Waals surface area contributed by atoms with E-state index in [1.165, 1.54) is 0 Å². The van der Waals surface area contributed by atoms with Crippen molar-refractivity contribution in [2.24, 2.45) is 5.41 Å². The summed E-state index contributed by atoms with van der Waals surface area (Å²) in [6, 6.07) is 2.23. The molecule has 0 aliphatic heterocycles. The molecule has 0 bridgehead atoms. The van der Waals surface area contributed by atoms with Gasteiger partial charge in [0.05, 0.1) is 6.07 Å². The van der Waals surface area contributed by atoms with Gasteiger partial charge in [0, 0.05) is 5.57 Å². The largest absolute Gasteiger partial charge is 0.193 e. The van der Waals surface area contributed by atoms with Gasteiger partial charge in [0.2, 0.25) is 0 Å². The minimum Gasteiger partial charge on any atom is -0.193 e. The predicted octanol–water partition coefficient (Wildman–Crippen LogP) is 4.34. The minimum atomic E-state index is -0.142. The highest BCUT2D eigenvalue weighted by atomic mass is 14.3. The van der Waals surface area contributed by atoms with Gasteiger partial charge in [0.15, 0.2) is 0 Å². The molecule has 0 aromatic heterocycles. The van der Waals surface area contributed by atoms with E-state index in [0.29, 0.717) is 0 Å². The minimum absolute atomic E-state index is 0.142. The lowest BCUT2D eigenvalue weighted by molar-refractivity contribution is 0.519. The average molecular weight is 213 g/mol. The van der Waals surface area contributed by atoms with Crippen molar-refractivity contribution < 1.29 is 0 Å². The van der Waals surface area contributed by atoms with Crippen molar-refractivity contribution in [3.63, 3.8) is 0 Å². The van der Waals surface area contributed by atoms with Crippen molar-refractivity contribution in [1.29, 1.82) is 5.26 Å². The summed E-state index contributed by atoms with van der Waals surface area (Å²) in [5.74, 6) is 0. The van der Waals surface area contributed by atoms with Crippen molar-refractivity contribution in [2.45, 2.75) is 20.8 Å². The monoisotopic (exact) mass is 213 g/mol. The third kappa shape index (κ3) is 5.17. The van der Waals surface area contributed by atoms with Gasteiger partial charge >= 0.3 is 0 Å². The third-order valence-electron chi connectivity index (χ3n) is 1.97. The first-order valence-corrected chi connectivity index (χ1v) is 5.19. The van der Waals surface area contributed by atoms with E-state index in [4.69, 9.17) is 5.26 Å². The van der Waals surface area contributed by atoms with E-state index < -0.39 is 0 Å². The van der Waals surface area contributed by atoms with Crippen LogP contribution in [0.4, 0.5) is 0 Å². The molecule has 0 aromatic rings. The van der Waals surface area contributed by atoms with Crippen molar-refractivity contribution in [1.82, 2.24) is 0 Å². The normalized spacial score (nSPS) is 13.6. The Labute approximate surface area is 98.8 Å². The second-order valence-electron chi connectivity index (χ2n) is 4.42. The molecule has 0 heterocycles. The SMILES string of the molecule is C=C\C=C/C(/C=C(\C#N)C(C)(C)C)=C\C=C. The van der Waals surface area contributed by atoms with Gasteiger partial charge in [-0.05, 0) is 17.1 Å². The summed E-state index contributed by atoms with van der Waals surface area (Å²) in [5, 5.41) is 9.09. The van der Waals surface area contributed by atoms with Crippen LogP contribution >= 0.6 is 0 Å². The predicted molar refractivity (Wildman–Crippen MR) is 70.8 cm³/mol. The van der Waals surface area contributed by atoms with E-state index in [1.54, 1.807) is 12.2 Å². The molecule has 0 saturated carbocycles. The maximum atomic E-state index is 9.09. The van der Waals surface area contributed by atoms with Crippen molar-refractivity contribution in [3.05, 3.63) is 60.8 Å². The Hall–Kier alpha value is -1.81. The maximum Gasteiger partial charge on any atom is 0.0952 e. The molecule has 84 valence electrons. The Balaban J connectivity index is 5.28. The Morgan fingerprint density at radius 3 is 2.19 bits per heavy atom. The van der Waals surface area contributed by atoms with E-state index in [2.05, 4.69) is 19.2 Å². The van der Waals surface area contributed by atoms with E-state index in [9.17, 15) is 0 Å². The molecule has 16 heavy (non-hydrogen) atoms. The second kappa shape index (κ2) is 6.63. The Kier molecular flexibility index (Phi) is 5.88. The quantitative estimate of drug-likeness (QED) is 0.503. The molecule has 0 aliphatic carbocycles. The molecule has 0 aliphatic rings. The van der Waals surface area contributed by atoms with Gasteiger partial charge in [-0.3, -0.25) is 0 Å². The van der Waals surface area contributed by atoms with E-state index >= 15 is 0 Å². The summed E-state index contributed by atoms with van der Waals surface area (Å²) in [6.07, 6.45) is 10.9. The van der Waals surface area contributed by atoms with Crippen LogP contribution in [0.2, 0.25) is 0 Å². The third-order valence-corrected chi connectivity index (χ3v) is 1.97. The second-order valence-corrected chi connectivity index (χ2v) is 4.42. The molecule has 0 spiro atoms. The van der Waals surface area contributed by atoms with Gasteiger partial charge in [0.25, 0.3) is 0 Å². The molecule has 0 fully saturated rings. The summed E-state index contributed by atoms with van der Waals surface area (Å²) in [7, 11) is 0. The first-order chi connectivity index (χ1) is 7.45.